The van der Waals surface area contributed by atoms with E-state index >= 15 is 0 Å². The van der Waals surface area contributed by atoms with Crippen molar-refractivity contribution in [1.29, 1.82) is 5.26 Å². The maximum atomic E-state index is 12.8. The van der Waals surface area contributed by atoms with Crippen molar-refractivity contribution < 1.29 is 9.53 Å². The van der Waals surface area contributed by atoms with Gasteiger partial charge >= 0.3 is 0 Å². The normalized spacial score (nSPS) is 15.7. The van der Waals surface area contributed by atoms with Crippen LogP contribution in [0.5, 0.6) is 5.75 Å². The fourth-order valence-corrected chi connectivity index (χ4v) is 3.86. The molecule has 6 nitrogen and oxygen atoms in total. The highest BCUT2D eigenvalue weighted by atomic mass is 16.5. The van der Waals surface area contributed by atoms with Crippen molar-refractivity contribution in [1.82, 2.24) is 15.1 Å². The van der Waals surface area contributed by atoms with Gasteiger partial charge in [-0.2, -0.15) is 5.26 Å². The first-order valence-corrected chi connectivity index (χ1v) is 11.2. The zero-order valence-electron chi connectivity index (χ0n) is 19.2. The average Bonchev–Trinajstić information content (AvgIpc) is 2.80. The van der Waals surface area contributed by atoms with E-state index in [1.165, 1.54) is 5.56 Å². The first-order chi connectivity index (χ1) is 15.5. The Morgan fingerprint density at radius 3 is 2.56 bits per heavy atom. The number of ether oxygens (including phenoxy) is 1. The number of benzene rings is 2. The largest absolute Gasteiger partial charge is 0.494 e. The van der Waals surface area contributed by atoms with E-state index in [1.807, 2.05) is 45.0 Å². The van der Waals surface area contributed by atoms with Gasteiger partial charge < -0.3 is 15.0 Å². The van der Waals surface area contributed by atoms with Crippen molar-refractivity contribution in [2.24, 2.45) is 0 Å². The van der Waals surface area contributed by atoms with E-state index in [2.05, 4.69) is 45.5 Å². The second kappa shape index (κ2) is 11.4. The van der Waals surface area contributed by atoms with E-state index in [0.29, 0.717) is 6.61 Å². The molecule has 1 atom stereocenters. The number of nitriles is 1. The molecule has 168 valence electrons. The lowest BCUT2D eigenvalue weighted by Gasteiger charge is -2.34. The van der Waals surface area contributed by atoms with Gasteiger partial charge in [-0.15, -0.1) is 0 Å². The molecule has 2 aromatic carbocycles. The Balaban J connectivity index is 1.59. The van der Waals surface area contributed by atoms with Crippen LogP contribution in [0.3, 0.4) is 0 Å². The summed E-state index contributed by atoms with van der Waals surface area (Å²) >= 11 is 0. The molecule has 1 N–H and O–H groups in total. The summed E-state index contributed by atoms with van der Waals surface area (Å²) in [5, 5.41) is 12.6. The van der Waals surface area contributed by atoms with Gasteiger partial charge in [0.2, 0.25) is 0 Å². The number of hydrogen-bond acceptors (Lipinski definition) is 5. The third-order valence-electron chi connectivity index (χ3n) is 5.61. The molecule has 0 aromatic heterocycles. The molecule has 1 amide bonds. The van der Waals surface area contributed by atoms with Crippen molar-refractivity contribution in [3.63, 3.8) is 0 Å². The molecule has 0 spiro atoms. The van der Waals surface area contributed by atoms with Gasteiger partial charge in [0, 0.05) is 44.5 Å². The lowest BCUT2D eigenvalue weighted by molar-refractivity contribution is -0.117. The molecule has 6 heteroatoms. The number of aryl methyl sites for hydroxylation is 1. The molecule has 0 aliphatic carbocycles. The molecule has 1 aliphatic heterocycles. The summed E-state index contributed by atoms with van der Waals surface area (Å²) in [7, 11) is 0. The molecule has 0 saturated carbocycles. The molecular weight excluding hydrogens is 400 g/mol. The summed E-state index contributed by atoms with van der Waals surface area (Å²) in [6.45, 7) is 10.7. The van der Waals surface area contributed by atoms with Crippen molar-refractivity contribution in [3.8, 4) is 11.8 Å². The summed E-state index contributed by atoms with van der Waals surface area (Å²) in [5.74, 6) is 0.388. The van der Waals surface area contributed by atoms with Gasteiger partial charge in [-0.25, -0.2) is 0 Å². The summed E-state index contributed by atoms with van der Waals surface area (Å²) < 4.78 is 5.71. The third kappa shape index (κ3) is 6.35. The van der Waals surface area contributed by atoms with Gasteiger partial charge in [-0.3, -0.25) is 9.69 Å². The second-order valence-electron chi connectivity index (χ2n) is 8.12. The first-order valence-electron chi connectivity index (χ1n) is 11.2. The van der Waals surface area contributed by atoms with Crippen LogP contribution in [0.4, 0.5) is 0 Å². The van der Waals surface area contributed by atoms with Crippen LogP contribution < -0.4 is 10.1 Å². The zero-order chi connectivity index (χ0) is 22.9. The van der Waals surface area contributed by atoms with E-state index in [9.17, 15) is 10.1 Å². The van der Waals surface area contributed by atoms with E-state index in [-0.39, 0.29) is 17.5 Å². The van der Waals surface area contributed by atoms with Crippen molar-refractivity contribution in [2.45, 2.75) is 33.4 Å². The molecule has 1 aliphatic rings. The zero-order valence-corrected chi connectivity index (χ0v) is 19.2. The van der Waals surface area contributed by atoms with Gasteiger partial charge in [-0.05, 0) is 32.4 Å². The fraction of sp³-hybridized carbons (Fsp3) is 0.385. The van der Waals surface area contributed by atoms with E-state index < -0.39 is 0 Å². The van der Waals surface area contributed by atoms with Crippen molar-refractivity contribution in [3.05, 3.63) is 77.0 Å². The van der Waals surface area contributed by atoms with Crippen LogP contribution in [0.25, 0.3) is 0 Å². The lowest BCUT2D eigenvalue weighted by Crippen LogP contribution is -2.44. The minimum absolute atomic E-state index is 0.124. The molecule has 2 aromatic rings. The van der Waals surface area contributed by atoms with Crippen LogP contribution in [0.15, 0.2) is 60.3 Å². The highest BCUT2D eigenvalue weighted by Gasteiger charge is 2.20. The smallest absolute Gasteiger partial charge is 0.263 e. The van der Waals surface area contributed by atoms with E-state index in [0.717, 1.165) is 49.6 Å². The molecule has 3 rings (SSSR count). The summed E-state index contributed by atoms with van der Waals surface area (Å²) in [4.78, 5) is 17.3. The number of nitrogens with one attached hydrogen (secondary N) is 1. The van der Waals surface area contributed by atoms with Crippen molar-refractivity contribution in [2.75, 3.05) is 32.8 Å². The van der Waals surface area contributed by atoms with E-state index in [1.54, 1.807) is 6.20 Å². The highest BCUT2D eigenvalue weighted by Crippen LogP contribution is 2.26. The third-order valence-corrected chi connectivity index (χ3v) is 5.61. The van der Waals surface area contributed by atoms with Crippen LogP contribution in [0, 0.1) is 18.3 Å². The molecule has 0 bridgehead atoms. The van der Waals surface area contributed by atoms with Crippen LogP contribution in [0.2, 0.25) is 0 Å². The molecule has 32 heavy (non-hydrogen) atoms. The van der Waals surface area contributed by atoms with Gasteiger partial charge in [0.15, 0.2) is 0 Å². The lowest BCUT2D eigenvalue weighted by atomic mass is 10.0. The Hall–Kier alpha value is -3.30. The first kappa shape index (κ1) is 23.4. The van der Waals surface area contributed by atoms with Crippen LogP contribution >= 0.6 is 0 Å². The van der Waals surface area contributed by atoms with Crippen LogP contribution in [-0.4, -0.2) is 48.5 Å². The predicted octanol–water partition coefficient (Wildman–Crippen LogP) is 3.80. The number of carbonyl (C=O) groups is 1. The van der Waals surface area contributed by atoms with E-state index in [4.69, 9.17) is 4.74 Å². The second-order valence-corrected chi connectivity index (χ2v) is 8.12. The standard InChI is InChI=1S/C26H32N4O2/c1-4-32-25-11-10-20(2)16-24(25)21(3)28-26(31)23(17-27)19-30-14-12-29(13-15-30)18-22-8-6-5-7-9-22/h5-11,16,19,21H,4,12-15,18H2,1-3H3,(H,28,31)/b23-19-. The number of rotatable bonds is 8. The Morgan fingerprint density at radius 1 is 1.19 bits per heavy atom. The average molecular weight is 433 g/mol. The van der Waals surface area contributed by atoms with Gasteiger partial charge in [0.25, 0.3) is 5.91 Å². The van der Waals surface area contributed by atoms with Crippen LogP contribution in [-0.2, 0) is 11.3 Å². The fourth-order valence-electron chi connectivity index (χ4n) is 3.86. The number of nitrogens with zero attached hydrogens (tertiary/aromatic N) is 3. The molecule has 1 heterocycles. The Morgan fingerprint density at radius 2 is 1.91 bits per heavy atom. The molecule has 1 saturated heterocycles. The predicted molar refractivity (Wildman–Crippen MR) is 126 cm³/mol. The molecule has 0 radical (unpaired) electrons. The Bertz CT molecular complexity index is 973. The minimum Gasteiger partial charge on any atom is -0.494 e. The maximum absolute atomic E-state index is 12.8. The Labute approximate surface area is 191 Å². The SMILES string of the molecule is CCOc1ccc(C)cc1C(C)NC(=O)/C(C#N)=C\N1CCN(Cc2ccccc2)CC1. The quantitative estimate of drug-likeness (QED) is 0.508. The number of amides is 1. The number of hydrogen-bond donors (Lipinski definition) is 1. The number of piperazine rings is 1. The highest BCUT2D eigenvalue weighted by molar-refractivity contribution is 5.97. The van der Waals surface area contributed by atoms with Gasteiger partial charge in [-0.1, -0.05) is 48.0 Å². The van der Waals surface area contributed by atoms with Crippen molar-refractivity contribution >= 4 is 5.91 Å². The van der Waals surface area contributed by atoms with Crippen LogP contribution in [0.1, 0.15) is 36.6 Å². The number of carbonyl (C=O) groups excluding carboxylic acids is 1. The Kier molecular flexibility index (Phi) is 8.29. The molecule has 1 fully saturated rings. The summed E-state index contributed by atoms with van der Waals surface area (Å²) in [6.07, 6.45) is 1.70. The van der Waals surface area contributed by atoms with Gasteiger partial charge in [0.05, 0.1) is 12.6 Å². The summed E-state index contributed by atoms with van der Waals surface area (Å²) in [5.41, 5.74) is 3.42. The monoisotopic (exact) mass is 432 g/mol. The maximum Gasteiger partial charge on any atom is 0.263 e. The molecule has 1 unspecified atom stereocenters. The van der Waals surface area contributed by atoms with Gasteiger partial charge in [0.1, 0.15) is 17.4 Å². The minimum atomic E-state index is -0.365. The molecular formula is C26H32N4O2. The topological polar surface area (TPSA) is 68.6 Å². The summed E-state index contributed by atoms with van der Waals surface area (Å²) in [6, 6.07) is 18.1.